The van der Waals surface area contributed by atoms with Gasteiger partial charge >= 0.3 is 0 Å². The zero-order valence-electron chi connectivity index (χ0n) is 7.69. The second-order valence-corrected chi connectivity index (χ2v) is 3.60. The number of para-hydroxylation sites is 1. The maximum absolute atomic E-state index is 11.3. The minimum absolute atomic E-state index is 0.0172. The average Bonchev–Trinajstić information content (AvgIpc) is 2.20. The summed E-state index contributed by atoms with van der Waals surface area (Å²) in [6.07, 6.45) is 5.06. The smallest absolute Gasteiger partial charge is 0.234 e. The molecule has 1 N–H and O–H groups in total. The van der Waals surface area contributed by atoms with Crippen LogP contribution in [0.3, 0.4) is 0 Å². The van der Waals surface area contributed by atoms with Gasteiger partial charge in [-0.3, -0.25) is 4.79 Å². The minimum atomic E-state index is -0.0172. The number of anilines is 1. The number of benzene rings is 1. The largest absolute Gasteiger partial charge is 0.325 e. The first-order valence-electron chi connectivity index (χ1n) is 4.19. The van der Waals surface area contributed by atoms with Crippen LogP contribution in [0.5, 0.6) is 0 Å². The van der Waals surface area contributed by atoms with Crippen LogP contribution in [0.4, 0.5) is 5.69 Å². The highest BCUT2D eigenvalue weighted by Crippen LogP contribution is 2.06. The Morgan fingerprint density at radius 1 is 1.43 bits per heavy atom. The van der Waals surface area contributed by atoms with Gasteiger partial charge < -0.3 is 5.32 Å². The molecule has 0 aliphatic rings. The van der Waals surface area contributed by atoms with Crippen molar-refractivity contribution >= 4 is 23.4 Å². The molecule has 3 heteroatoms. The van der Waals surface area contributed by atoms with Crippen LogP contribution in [0.2, 0.25) is 0 Å². The van der Waals surface area contributed by atoms with E-state index < -0.39 is 0 Å². The summed E-state index contributed by atoms with van der Waals surface area (Å²) < 4.78 is 0. The number of thioether (sulfide) groups is 1. The molecule has 0 aromatic heterocycles. The third-order valence-electron chi connectivity index (χ3n) is 1.48. The Bertz CT molecular complexity index is 329. The molecule has 0 saturated heterocycles. The minimum Gasteiger partial charge on any atom is -0.325 e. The third kappa shape index (κ3) is 4.01. The molecule has 0 heterocycles. The second kappa shape index (κ2) is 6.11. The SMILES string of the molecule is C#CCSCC(=O)Nc1ccccc1. The van der Waals surface area contributed by atoms with E-state index in [1.54, 1.807) is 0 Å². The van der Waals surface area contributed by atoms with Gasteiger partial charge in [0.25, 0.3) is 0 Å². The molecule has 0 unspecified atom stereocenters. The molecule has 14 heavy (non-hydrogen) atoms. The molecule has 0 fully saturated rings. The Labute approximate surface area is 88.1 Å². The van der Waals surface area contributed by atoms with Crippen LogP contribution in [0.15, 0.2) is 30.3 Å². The third-order valence-corrected chi connectivity index (χ3v) is 2.31. The molecule has 2 nitrogen and oxygen atoms in total. The van der Waals surface area contributed by atoms with Crippen LogP contribution in [0.25, 0.3) is 0 Å². The molecule has 1 aromatic carbocycles. The number of hydrogen-bond acceptors (Lipinski definition) is 2. The van der Waals surface area contributed by atoms with Gasteiger partial charge in [-0.15, -0.1) is 18.2 Å². The fraction of sp³-hybridized carbons (Fsp3) is 0.182. The standard InChI is InChI=1S/C11H11NOS/c1-2-8-14-9-11(13)12-10-6-4-3-5-7-10/h1,3-7H,8-9H2,(H,12,13). The van der Waals surface area contributed by atoms with Gasteiger partial charge in [-0.25, -0.2) is 0 Å². The van der Waals surface area contributed by atoms with E-state index >= 15 is 0 Å². The van der Waals surface area contributed by atoms with Crippen molar-refractivity contribution in [3.63, 3.8) is 0 Å². The molecule has 0 bridgehead atoms. The Kier molecular flexibility index (Phi) is 4.66. The summed E-state index contributed by atoms with van der Waals surface area (Å²) in [7, 11) is 0. The summed E-state index contributed by atoms with van der Waals surface area (Å²) in [5.41, 5.74) is 0.818. The van der Waals surface area contributed by atoms with E-state index in [4.69, 9.17) is 6.42 Å². The summed E-state index contributed by atoms with van der Waals surface area (Å²) in [5, 5.41) is 2.77. The van der Waals surface area contributed by atoms with Crippen LogP contribution in [-0.2, 0) is 4.79 Å². The van der Waals surface area contributed by atoms with E-state index in [1.165, 1.54) is 11.8 Å². The maximum atomic E-state index is 11.3. The van der Waals surface area contributed by atoms with Crippen LogP contribution >= 0.6 is 11.8 Å². The quantitative estimate of drug-likeness (QED) is 0.601. The monoisotopic (exact) mass is 205 g/mol. The van der Waals surface area contributed by atoms with E-state index in [0.717, 1.165) is 5.69 Å². The summed E-state index contributed by atoms with van der Waals surface area (Å²) in [5.74, 6) is 3.43. The summed E-state index contributed by atoms with van der Waals surface area (Å²) in [4.78, 5) is 11.3. The van der Waals surface area contributed by atoms with Crippen LogP contribution in [0.1, 0.15) is 0 Å². The Morgan fingerprint density at radius 2 is 2.14 bits per heavy atom. The van der Waals surface area contributed by atoms with Crippen LogP contribution in [-0.4, -0.2) is 17.4 Å². The van der Waals surface area contributed by atoms with Gasteiger partial charge in [-0.05, 0) is 12.1 Å². The maximum Gasteiger partial charge on any atom is 0.234 e. The van der Waals surface area contributed by atoms with Crippen molar-refractivity contribution < 1.29 is 4.79 Å². The Balaban J connectivity index is 2.32. The molecule has 72 valence electrons. The first-order chi connectivity index (χ1) is 6.83. The Hall–Kier alpha value is -1.40. The van der Waals surface area contributed by atoms with Crippen molar-refractivity contribution in [3.05, 3.63) is 30.3 Å². The molecule has 1 rings (SSSR count). The van der Waals surface area contributed by atoms with E-state index in [2.05, 4.69) is 11.2 Å². The van der Waals surface area contributed by atoms with Gasteiger partial charge in [-0.2, -0.15) is 0 Å². The number of terminal acetylenes is 1. The van der Waals surface area contributed by atoms with Crippen LogP contribution in [0, 0.1) is 12.3 Å². The molecule has 0 spiro atoms. The van der Waals surface area contributed by atoms with Gasteiger partial charge in [0.05, 0.1) is 11.5 Å². The first kappa shape index (κ1) is 10.7. The van der Waals surface area contributed by atoms with Crippen LogP contribution < -0.4 is 5.32 Å². The van der Waals surface area contributed by atoms with E-state index in [1.807, 2.05) is 30.3 Å². The van der Waals surface area contributed by atoms with Crippen molar-refractivity contribution in [2.75, 3.05) is 16.8 Å². The molecule has 1 aromatic rings. The lowest BCUT2D eigenvalue weighted by Gasteiger charge is -2.02. The number of hydrogen-bond donors (Lipinski definition) is 1. The average molecular weight is 205 g/mol. The van der Waals surface area contributed by atoms with Gasteiger partial charge in [0.2, 0.25) is 5.91 Å². The Morgan fingerprint density at radius 3 is 2.79 bits per heavy atom. The zero-order valence-corrected chi connectivity index (χ0v) is 8.51. The number of amides is 1. The lowest BCUT2D eigenvalue weighted by atomic mass is 10.3. The van der Waals surface area contributed by atoms with Crippen molar-refractivity contribution in [1.29, 1.82) is 0 Å². The highest BCUT2D eigenvalue weighted by molar-refractivity contribution is 8.00. The van der Waals surface area contributed by atoms with Gasteiger partial charge in [-0.1, -0.05) is 24.1 Å². The molecule has 0 aliphatic heterocycles. The van der Waals surface area contributed by atoms with Crippen molar-refractivity contribution in [3.8, 4) is 12.3 Å². The topological polar surface area (TPSA) is 29.1 Å². The lowest BCUT2D eigenvalue weighted by molar-refractivity contribution is -0.113. The predicted molar refractivity (Wildman–Crippen MR) is 61.2 cm³/mol. The van der Waals surface area contributed by atoms with Crippen molar-refractivity contribution in [2.45, 2.75) is 0 Å². The summed E-state index contributed by atoms with van der Waals surface area (Å²) >= 11 is 1.43. The number of nitrogens with one attached hydrogen (secondary N) is 1. The van der Waals surface area contributed by atoms with E-state index in [9.17, 15) is 4.79 Å². The second-order valence-electron chi connectivity index (χ2n) is 2.61. The van der Waals surface area contributed by atoms with E-state index in [-0.39, 0.29) is 5.91 Å². The fourth-order valence-corrected chi connectivity index (χ4v) is 1.40. The van der Waals surface area contributed by atoms with Crippen molar-refractivity contribution in [1.82, 2.24) is 0 Å². The lowest BCUT2D eigenvalue weighted by Crippen LogP contribution is -2.13. The summed E-state index contributed by atoms with van der Waals surface area (Å²) in [6, 6.07) is 9.37. The number of carbonyl (C=O) groups is 1. The summed E-state index contributed by atoms with van der Waals surface area (Å²) in [6.45, 7) is 0. The number of rotatable bonds is 4. The molecule has 1 amide bonds. The molecule has 0 atom stereocenters. The molecule has 0 aliphatic carbocycles. The zero-order chi connectivity index (χ0) is 10.2. The first-order valence-corrected chi connectivity index (χ1v) is 5.34. The molecule has 0 radical (unpaired) electrons. The highest BCUT2D eigenvalue weighted by atomic mass is 32.2. The van der Waals surface area contributed by atoms with Gasteiger partial charge in [0.15, 0.2) is 0 Å². The fourth-order valence-electron chi connectivity index (χ4n) is 0.921. The van der Waals surface area contributed by atoms with Crippen molar-refractivity contribution in [2.24, 2.45) is 0 Å². The predicted octanol–water partition coefficient (Wildman–Crippen LogP) is 1.99. The number of carbonyl (C=O) groups excluding carboxylic acids is 1. The molecular weight excluding hydrogens is 194 g/mol. The van der Waals surface area contributed by atoms with E-state index in [0.29, 0.717) is 11.5 Å². The van der Waals surface area contributed by atoms with Gasteiger partial charge in [0, 0.05) is 5.69 Å². The van der Waals surface area contributed by atoms with Gasteiger partial charge in [0.1, 0.15) is 0 Å². The molecular formula is C11H11NOS. The normalized spacial score (nSPS) is 9.07. The highest BCUT2D eigenvalue weighted by Gasteiger charge is 2.00. The molecule has 0 saturated carbocycles.